The predicted molar refractivity (Wildman–Crippen MR) is 91.5 cm³/mol. The van der Waals surface area contributed by atoms with Gasteiger partial charge in [-0.1, -0.05) is 61.7 Å². The predicted octanol–water partition coefficient (Wildman–Crippen LogP) is 5.46. The molecule has 1 fully saturated rings. The Balaban J connectivity index is 1.75. The molecule has 112 valence electrons. The molecular weight excluding hydrogens is 254 g/mol. The van der Waals surface area contributed by atoms with E-state index in [-0.39, 0.29) is 0 Å². The standard InChI is InChI=1S/C20H27N/c1-15(17-9-4-3-5-10-17)21-16(2)19-14-8-12-18-11-6-7-13-20(18)19/h6-8,11-17,21H,3-5,9-10H2,1-2H3. The van der Waals surface area contributed by atoms with E-state index in [1.54, 1.807) is 0 Å². The van der Waals surface area contributed by atoms with Crippen molar-refractivity contribution in [1.82, 2.24) is 5.32 Å². The lowest BCUT2D eigenvalue weighted by Gasteiger charge is -2.31. The second kappa shape index (κ2) is 6.62. The third-order valence-electron chi connectivity index (χ3n) is 5.16. The SMILES string of the molecule is CC(NC(C)C1CCCCC1)c1cccc2ccccc12. The van der Waals surface area contributed by atoms with Crippen LogP contribution in [0.5, 0.6) is 0 Å². The van der Waals surface area contributed by atoms with E-state index >= 15 is 0 Å². The zero-order chi connectivity index (χ0) is 14.7. The van der Waals surface area contributed by atoms with Crippen molar-refractivity contribution in [3.8, 4) is 0 Å². The topological polar surface area (TPSA) is 12.0 Å². The van der Waals surface area contributed by atoms with Crippen molar-refractivity contribution >= 4 is 10.8 Å². The molecule has 0 saturated heterocycles. The van der Waals surface area contributed by atoms with Crippen molar-refractivity contribution in [3.63, 3.8) is 0 Å². The first-order chi connectivity index (χ1) is 10.3. The molecular formula is C20H27N. The number of nitrogens with one attached hydrogen (secondary N) is 1. The van der Waals surface area contributed by atoms with E-state index in [0.717, 1.165) is 5.92 Å². The zero-order valence-electron chi connectivity index (χ0n) is 13.3. The molecule has 2 unspecified atom stereocenters. The van der Waals surface area contributed by atoms with E-state index < -0.39 is 0 Å². The van der Waals surface area contributed by atoms with Gasteiger partial charge >= 0.3 is 0 Å². The molecule has 2 aromatic carbocycles. The van der Waals surface area contributed by atoms with Crippen molar-refractivity contribution in [2.75, 3.05) is 0 Å². The van der Waals surface area contributed by atoms with Crippen LogP contribution >= 0.6 is 0 Å². The molecule has 1 aliphatic carbocycles. The zero-order valence-corrected chi connectivity index (χ0v) is 13.3. The maximum absolute atomic E-state index is 3.86. The van der Waals surface area contributed by atoms with Crippen LogP contribution in [0.2, 0.25) is 0 Å². The van der Waals surface area contributed by atoms with Crippen LogP contribution in [0.25, 0.3) is 10.8 Å². The van der Waals surface area contributed by atoms with Crippen LogP contribution in [0.3, 0.4) is 0 Å². The molecule has 1 nitrogen and oxygen atoms in total. The Labute approximate surface area is 128 Å². The molecule has 0 radical (unpaired) electrons. The Morgan fingerprint density at radius 2 is 1.62 bits per heavy atom. The van der Waals surface area contributed by atoms with Crippen molar-refractivity contribution in [3.05, 3.63) is 48.0 Å². The molecule has 1 N–H and O–H groups in total. The van der Waals surface area contributed by atoms with Gasteiger partial charge in [0.15, 0.2) is 0 Å². The third kappa shape index (κ3) is 3.29. The lowest BCUT2D eigenvalue weighted by atomic mass is 9.84. The lowest BCUT2D eigenvalue weighted by Crippen LogP contribution is -2.36. The Bertz CT molecular complexity index is 578. The fraction of sp³-hybridized carbons (Fsp3) is 0.500. The first-order valence-corrected chi connectivity index (χ1v) is 8.49. The minimum Gasteiger partial charge on any atom is -0.307 e. The molecule has 1 saturated carbocycles. The van der Waals surface area contributed by atoms with Crippen LogP contribution in [-0.2, 0) is 0 Å². The Morgan fingerprint density at radius 3 is 2.43 bits per heavy atom. The summed E-state index contributed by atoms with van der Waals surface area (Å²) in [5, 5.41) is 6.58. The van der Waals surface area contributed by atoms with Gasteiger partial charge in [0.25, 0.3) is 0 Å². The molecule has 0 spiro atoms. The van der Waals surface area contributed by atoms with Crippen LogP contribution < -0.4 is 5.32 Å². The first-order valence-electron chi connectivity index (χ1n) is 8.49. The van der Waals surface area contributed by atoms with Crippen molar-refractivity contribution in [2.45, 2.75) is 58.0 Å². The Morgan fingerprint density at radius 1 is 0.905 bits per heavy atom. The fourth-order valence-corrected chi connectivity index (χ4v) is 3.88. The maximum atomic E-state index is 3.86. The van der Waals surface area contributed by atoms with Crippen LogP contribution in [0.15, 0.2) is 42.5 Å². The number of hydrogen-bond donors (Lipinski definition) is 1. The summed E-state index contributed by atoms with van der Waals surface area (Å²) < 4.78 is 0. The van der Waals surface area contributed by atoms with E-state index in [9.17, 15) is 0 Å². The Hall–Kier alpha value is -1.34. The van der Waals surface area contributed by atoms with Crippen molar-refractivity contribution in [1.29, 1.82) is 0 Å². The van der Waals surface area contributed by atoms with E-state index in [1.165, 1.54) is 48.4 Å². The molecule has 0 aromatic heterocycles. The van der Waals surface area contributed by atoms with Gasteiger partial charge in [-0.2, -0.15) is 0 Å². The van der Waals surface area contributed by atoms with Gasteiger partial charge in [0.2, 0.25) is 0 Å². The van der Waals surface area contributed by atoms with Crippen molar-refractivity contribution < 1.29 is 0 Å². The summed E-state index contributed by atoms with van der Waals surface area (Å²) in [6.45, 7) is 4.68. The van der Waals surface area contributed by atoms with E-state index in [2.05, 4.69) is 61.6 Å². The molecule has 2 atom stereocenters. The van der Waals surface area contributed by atoms with Gasteiger partial charge in [0, 0.05) is 12.1 Å². The van der Waals surface area contributed by atoms with Gasteiger partial charge in [0.1, 0.15) is 0 Å². The van der Waals surface area contributed by atoms with Crippen LogP contribution in [0.1, 0.15) is 57.6 Å². The fourth-order valence-electron chi connectivity index (χ4n) is 3.88. The Kier molecular flexibility index (Phi) is 4.60. The maximum Gasteiger partial charge on any atom is 0.0300 e. The summed E-state index contributed by atoms with van der Waals surface area (Å²) in [5.74, 6) is 0.858. The minimum absolute atomic E-state index is 0.410. The van der Waals surface area contributed by atoms with Crippen LogP contribution in [0.4, 0.5) is 0 Å². The van der Waals surface area contributed by atoms with Crippen molar-refractivity contribution in [2.24, 2.45) is 5.92 Å². The quantitative estimate of drug-likeness (QED) is 0.784. The van der Waals surface area contributed by atoms with Crippen LogP contribution in [0, 0.1) is 5.92 Å². The number of hydrogen-bond acceptors (Lipinski definition) is 1. The normalized spacial score (nSPS) is 19.5. The molecule has 3 rings (SSSR count). The summed E-state index contributed by atoms with van der Waals surface area (Å²) in [7, 11) is 0. The summed E-state index contributed by atoms with van der Waals surface area (Å²) in [4.78, 5) is 0. The summed E-state index contributed by atoms with van der Waals surface area (Å²) in [6.07, 6.45) is 7.06. The molecule has 0 heterocycles. The second-order valence-corrected chi connectivity index (χ2v) is 6.64. The highest BCUT2D eigenvalue weighted by Crippen LogP contribution is 2.29. The smallest absolute Gasteiger partial charge is 0.0300 e. The molecule has 21 heavy (non-hydrogen) atoms. The van der Waals surface area contributed by atoms with Gasteiger partial charge in [-0.05, 0) is 48.9 Å². The average Bonchev–Trinajstić information content (AvgIpc) is 2.55. The van der Waals surface area contributed by atoms with Crippen LogP contribution in [-0.4, -0.2) is 6.04 Å². The largest absolute Gasteiger partial charge is 0.307 e. The summed E-state index contributed by atoms with van der Waals surface area (Å²) in [6, 6.07) is 16.4. The molecule has 1 aliphatic rings. The highest BCUT2D eigenvalue weighted by atomic mass is 14.9. The van der Waals surface area contributed by atoms with Gasteiger partial charge in [-0.15, -0.1) is 0 Å². The minimum atomic E-state index is 0.410. The lowest BCUT2D eigenvalue weighted by molar-refractivity contribution is 0.268. The summed E-state index contributed by atoms with van der Waals surface area (Å²) in [5.41, 5.74) is 1.43. The first kappa shape index (κ1) is 14.6. The summed E-state index contributed by atoms with van der Waals surface area (Å²) >= 11 is 0. The molecule has 0 amide bonds. The number of rotatable bonds is 4. The molecule has 0 bridgehead atoms. The van der Waals surface area contributed by atoms with Gasteiger partial charge < -0.3 is 5.32 Å². The van der Waals surface area contributed by atoms with Gasteiger partial charge in [-0.3, -0.25) is 0 Å². The molecule has 2 aromatic rings. The number of benzene rings is 2. The van der Waals surface area contributed by atoms with Gasteiger partial charge in [-0.25, -0.2) is 0 Å². The molecule has 0 aliphatic heterocycles. The highest BCUT2D eigenvalue weighted by molar-refractivity contribution is 5.86. The molecule has 1 heteroatoms. The van der Waals surface area contributed by atoms with E-state index in [4.69, 9.17) is 0 Å². The third-order valence-corrected chi connectivity index (χ3v) is 5.16. The van der Waals surface area contributed by atoms with Gasteiger partial charge in [0.05, 0.1) is 0 Å². The monoisotopic (exact) mass is 281 g/mol. The van der Waals surface area contributed by atoms with E-state index in [0.29, 0.717) is 12.1 Å². The van der Waals surface area contributed by atoms with E-state index in [1.807, 2.05) is 0 Å². The second-order valence-electron chi connectivity index (χ2n) is 6.64. The average molecular weight is 281 g/mol. The highest BCUT2D eigenvalue weighted by Gasteiger charge is 2.21. The number of fused-ring (bicyclic) bond motifs is 1.